The molecule has 0 saturated carbocycles. The molecule has 0 spiro atoms. The van der Waals surface area contributed by atoms with Crippen molar-refractivity contribution in [1.29, 1.82) is 0 Å². The second-order valence-electron chi connectivity index (χ2n) is 6.59. The van der Waals surface area contributed by atoms with Crippen LogP contribution in [0.3, 0.4) is 0 Å². The fraction of sp³-hybridized carbons (Fsp3) is 0.500. The number of quaternary nitrogens is 1. The van der Waals surface area contributed by atoms with Crippen LogP contribution in [0, 0.1) is 4.77 Å². The number of carbonyl (C=O) groups excluding carboxylic acids is 1. The van der Waals surface area contributed by atoms with Crippen LogP contribution in [0.15, 0.2) is 24.3 Å². The quantitative estimate of drug-likeness (QED) is 0.676. The lowest BCUT2D eigenvalue weighted by Gasteiger charge is -2.14. The summed E-state index contributed by atoms with van der Waals surface area (Å²) < 4.78 is 9.65. The fourth-order valence-electron chi connectivity index (χ4n) is 2.74. The number of ether oxygens (including phenoxy) is 1. The normalized spacial score (nSPS) is 12.2. The molecular weight excluding hydrogens is 350 g/mol. The van der Waals surface area contributed by atoms with E-state index in [9.17, 15) is 4.79 Å². The number of hydrogen-bond acceptors (Lipinski definition) is 4. The van der Waals surface area contributed by atoms with Crippen LogP contribution >= 0.6 is 12.2 Å². The zero-order chi connectivity index (χ0) is 19.3. The highest BCUT2D eigenvalue weighted by Gasteiger charge is 2.16. The molecule has 1 aromatic heterocycles. The van der Waals surface area contributed by atoms with Gasteiger partial charge in [0.05, 0.1) is 14.2 Å². The molecular formula is C18H28N5O2S+. The molecule has 0 saturated heterocycles. The second-order valence-corrected chi connectivity index (χ2v) is 6.96. The third-order valence-electron chi connectivity index (χ3n) is 3.92. The number of hydrogen-bond donors (Lipinski definition) is 2. The SMILES string of the molecule is CCn1c(-c2ccc(OC)cc2)nn(C[NH+](C)CC(=O)NC(C)C)c1=S. The maximum Gasteiger partial charge on any atom is 0.275 e. The first-order chi connectivity index (χ1) is 12.3. The Morgan fingerprint density at radius 3 is 2.54 bits per heavy atom. The summed E-state index contributed by atoms with van der Waals surface area (Å²) in [6.45, 7) is 7.58. The lowest BCUT2D eigenvalue weighted by molar-refractivity contribution is -0.895. The van der Waals surface area contributed by atoms with Crippen LogP contribution in [-0.2, 0) is 18.0 Å². The van der Waals surface area contributed by atoms with Crippen LogP contribution in [0.2, 0.25) is 0 Å². The summed E-state index contributed by atoms with van der Waals surface area (Å²) >= 11 is 5.59. The van der Waals surface area contributed by atoms with Gasteiger partial charge < -0.3 is 19.5 Å². The third-order valence-corrected chi connectivity index (χ3v) is 4.35. The molecule has 1 amide bonds. The molecule has 2 aromatic rings. The number of nitrogens with one attached hydrogen (secondary N) is 2. The number of carbonyl (C=O) groups is 1. The summed E-state index contributed by atoms with van der Waals surface area (Å²) in [5.74, 6) is 1.64. The Morgan fingerprint density at radius 1 is 1.35 bits per heavy atom. The number of likely N-dealkylation sites (N-methyl/N-ethyl adjacent to an activating group) is 1. The van der Waals surface area contributed by atoms with Gasteiger partial charge in [-0.2, -0.15) is 4.68 Å². The molecule has 1 unspecified atom stereocenters. The van der Waals surface area contributed by atoms with E-state index >= 15 is 0 Å². The molecule has 8 heteroatoms. The number of nitrogens with zero attached hydrogens (tertiary/aromatic N) is 3. The Labute approximate surface area is 159 Å². The van der Waals surface area contributed by atoms with Crippen molar-refractivity contribution in [2.45, 2.75) is 40.0 Å². The molecule has 0 aliphatic heterocycles. The standard InChI is InChI=1S/C18H27N5O2S/c1-6-22-17(14-7-9-15(25-5)10-8-14)20-23(18(22)26)12-21(4)11-16(24)19-13(2)3/h7-10,13H,6,11-12H2,1-5H3,(H,19,24)/p+1. The molecule has 2 rings (SSSR count). The van der Waals surface area contributed by atoms with Gasteiger partial charge in [0.25, 0.3) is 5.91 Å². The predicted molar refractivity (Wildman–Crippen MR) is 104 cm³/mol. The average molecular weight is 379 g/mol. The van der Waals surface area contributed by atoms with E-state index in [1.54, 1.807) is 11.8 Å². The summed E-state index contributed by atoms with van der Waals surface area (Å²) in [4.78, 5) is 13.0. The number of amides is 1. The van der Waals surface area contributed by atoms with E-state index in [0.717, 1.165) is 28.6 Å². The largest absolute Gasteiger partial charge is 0.497 e. The lowest BCUT2D eigenvalue weighted by Crippen LogP contribution is -3.09. The lowest BCUT2D eigenvalue weighted by atomic mass is 10.2. The van der Waals surface area contributed by atoms with Crippen molar-refractivity contribution in [3.8, 4) is 17.1 Å². The van der Waals surface area contributed by atoms with Crippen molar-refractivity contribution < 1.29 is 14.4 Å². The predicted octanol–water partition coefficient (Wildman–Crippen LogP) is 1.11. The highest BCUT2D eigenvalue weighted by Crippen LogP contribution is 2.21. The number of benzene rings is 1. The Kier molecular flexibility index (Phi) is 6.93. The third kappa shape index (κ3) is 4.92. The van der Waals surface area contributed by atoms with Crippen LogP contribution in [0.25, 0.3) is 11.4 Å². The fourth-order valence-corrected chi connectivity index (χ4v) is 3.06. The number of aromatic nitrogens is 3. The van der Waals surface area contributed by atoms with E-state index in [0.29, 0.717) is 18.0 Å². The highest BCUT2D eigenvalue weighted by atomic mass is 32.1. The van der Waals surface area contributed by atoms with Gasteiger partial charge >= 0.3 is 0 Å². The molecule has 2 N–H and O–H groups in total. The molecule has 0 radical (unpaired) electrons. The van der Waals surface area contributed by atoms with Crippen LogP contribution < -0.4 is 15.0 Å². The molecule has 0 aliphatic carbocycles. The van der Waals surface area contributed by atoms with Crippen molar-refractivity contribution in [2.24, 2.45) is 0 Å². The molecule has 26 heavy (non-hydrogen) atoms. The van der Waals surface area contributed by atoms with Gasteiger partial charge in [-0.1, -0.05) is 0 Å². The zero-order valence-corrected chi connectivity index (χ0v) is 16.9. The van der Waals surface area contributed by atoms with Gasteiger partial charge in [0.2, 0.25) is 4.77 Å². The molecule has 7 nitrogen and oxygen atoms in total. The van der Waals surface area contributed by atoms with Crippen LogP contribution in [0.4, 0.5) is 0 Å². The Hall–Kier alpha value is -2.19. The molecule has 1 atom stereocenters. The van der Waals surface area contributed by atoms with E-state index in [1.165, 1.54) is 0 Å². The summed E-state index contributed by atoms with van der Waals surface area (Å²) in [6, 6.07) is 7.90. The summed E-state index contributed by atoms with van der Waals surface area (Å²) in [5.41, 5.74) is 0.979. The van der Waals surface area contributed by atoms with Gasteiger partial charge in [-0.05, 0) is 57.3 Å². The zero-order valence-electron chi connectivity index (χ0n) is 16.1. The van der Waals surface area contributed by atoms with Gasteiger partial charge in [-0.3, -0.25) is 4.79 Å². The first kappa shape index (κ1) is 20.1. The molecule has 0 bridgehead atoms. The first-order valence-electron chi connectivity index (χ1n) is 8.78. The van der Waals surface area contributed by atoms with Crippen molar-refractivity contribution in [2.75, 3.05) is 20.7 Å². The summed E-state index contributed by atoms with van der Waals surface area (Å²) in [5, 5.41) is 7.60. The van der Waals surface area contributed by atoms with Crippen molar-refractivity contribution >= 4 is 18.1 Å². The minimum absolute atomic E-state index is 0.0225. The molecule has 1 aromatic carbocycles. The van der Waals surface area contributed by atoms with Gasteiger partial charge in [0.15, 0.2) is 19.0 Å². The smallest absolute Gasteiger partial charge is 0.275 e. The van der Waals surface area contributed by atoms with E-state index in [1.807, 2.05) is 56.7 Å². The molecule has 142 valence electrons. The van der Waals surface area contributed by atoms with E-state index in [-0.39, 0.29) is 11.9 Å². The Bertz CT molecular complexity index is 795. The van der Waals surface area contributed by atoms with Gasteiger partial charge in [0, 0.05) is 18.2 Å². The number of methoxy groups -OCH3 is 1. The van der Waals surface area contributed by atoms with Crippen LogP contribution in [0.5, 0.6) is 5.75 Å². The second kappa shape index (κ2) is 8.95. The van der Waals surface area contributed by atoms with E-state index in [2.05, 4.69) is 5.32 Å². The molecule has 1 heterocycles. The van der Waals surface area contributed by atoms with Crippen molar-refractivity contribution in [3.63, 3.8) is 0 Å². The summed E-state index contributed by atoms with van der Waals surface area (Å²) in [6.07, 6.45) is 0. The Morgan fingerprint density at radius 2 is 2.00 bits per heavy atom. The maximum absolute atomic E-state index is 11.9. The topological polar surface area (TPSA) is 65.5 Å². The van der Waals surface area contributed by atoms with Gasteiger partial charge in [0.1, 0.15) is 5.75 Å². The van der Waals surface area contributed by atoms with Crippen LogP contribution in [-0.4, -0.2) is 47.0 Å². The van der Waals surface area contributed by atoms with Crippen molar-refractivity contribution in [3.05, 3.63) is 29.0 Å². The van der Waals surface area contributed by atoms with Crippen molar-refractivity contribution in [1.82, 2.24) is 19.7 Å². The van der Waals surface area contributed by atoms with Crippen LogP contribution in [0.1, 0.15) is 20.8 Å². The van der Waals surface area contributed by atoms with E-state index < -0.39 is 0 Å². The van der Waals surface area contributed by atoms with Gasteiger partial charge in [-0.15, -0.1) is 5.10 Å². The average Bonchev–Trinajstić information content (AvgIpc) is 2.89. The first-order valence-corrected chi connectivity index (χ1v) is 9.19. The number of rotatable bonds is 8. The van der Waals surface area contributed by atoms with Gasteiger partial charge in [-0.25, -0.2) is 0 Å². The maximum atomic E-state index is 11.9. The Balaban J connectivity index is 2.21. The highest BCUT2D eigenvalue weighted by molar-refractivity contribution is 7.71. The minimum atomic E-state index is 0.0225. The molecule has 0 aliphatic rings. The summed E-state index contributed by atoms with van der Waals surface area (Å²) in [7, 11) is 3.60. The van der Waals surface area contributed by atoms with E-state index in [4.69, 9.17) is 22.1 Å². The minimum Gasteiger partial charge on any atom is -0.497 e. The monoisotopic (exact) mass is 378 g/mol. The molecule has 0 fully saturated rings.